The van der Waals surface area contributed by atoms with E-state index in [4.69, 9.17) is 48.7 Å². The number of pyridine rings is 2. The fraction of sp³-hybridized carbons (Fsp3) is 0. The maximum Gasteiger partial charge on any atom is 0.165 e. The van der Waals surface area contributed by atoms with E-state index in [1.54, 1.807) is 11.3 Å². The Labute approximate surface area is 696 Å². The molecule has 10 nitrogen and oxygen atoms in total. The summed E-state index contributed by atoms with van der Waals surface area (Å²) in [6.07, 6.45) is 0. The van der Waals surface area contributed by atoms with E-state index in [0.29, 0.717) is 34.9 Å². The first-order chi connectivity index (χ1) is 59.5. The summed E-state index contributed by atoms with van der Waals surface area (Å²) in [4.78, 5) is 41.6. The molecule has 0 bridgehead atoms. The van der Waals surface area contributed by atoms with Crippen LogP contribution in [0, 0.1) is 0 Å². The van der Waals surface area contributed by atoms with Crippen molar-refractivity contribution in [3.05, 3.63) is 388 Å². The van der Waals surface area contributed by atoms with Crippen LogP contribution in [-0.4, -0.2) is 39.9 Å². The molecule has 0 radical (unpaired) electrons. The third-order valence-corrected chi connectivity index (χ3v) is 25.1. The Morgan fingerprint density at radius 3 is 1.01 bits per heavy atom. The smallest absolute Gasteiger partial charge is 0.165 e. The zero-order valence-corrected chi connectivity index (χ0v) is 65.8. The highest BCUT2D eigenvalue weighted by molar-refractivity contribution is 7.26. The predicted octanol–water partition coefficient (Wildman–Crippen LogP) is 29.4. The molecule has 120 heavy (non-hydrogen) atoms. The molecule has 0 unspecified atom stereocenters. The molecule has 0 saturated heterocycles. The largest absolute Gasteiger partial charge is 0.454 e. The van der Waals surface area contributed by atoms with Crippen molar-refractivity contribution in [2.45, 2.75) is 0 Å². The van der Waals surface area contributed by atoms with Crippen LogP contribution >= 0.6 is 22.7 Å². The van der Waals surface area contributed by atoms with Crippen LogP contribution in [0.4, 0.5) is 0 Å². The van der Waals surface area contributed by atoms with Gasteiger partial charge < -0.3 is 8.83 Å². The van der Waals surface area contributed by atoms with Crippen molar-refractivity contribution in [1.29, 1.82) is 0 Å². The van der Waals surface area contributed by atoms with E-state index in [0.717, 1.165) is 154 Å². The summed E-state index contributed by atoms with van der Waals surface area (Å²) in [5.74, 6) is 3.65. The van der Waals surface area contributed by atoms with E-state index in [-0.39, 0.29) is 0 Å². The Bertz CT molecular complexity index is 8150. The molecule has 8 heterocycles. The minimum atomic E-state index is 0.583. The van der Waals surface area contributed by atoms with Gasteiger partial charge in [-0.2, -0.15) is 0 Å². The summed E-state index contributed by atoms with van der Waals surface area (Å²) in [6.45, 7) is 0. The number of fused-ring (bicyclic) bond motifs is 16. The summed E-state index contributed by atoms with van der Waals surface area (Å²) in [7, 11) is 0. The summed E-state index contributed by atoms with van der Waals surface area (Å²) < 4.78 is 18.3. The van der Waals surface area contributed by atoms with Crippen LogP contribution in [0.15, 0.2) is 397 Å². The number of thiophene rings is 2. The lowest BCUT2D eigenvalue weighted by molar-refractivity contribution is 0.668. The highest BCUT2D eigenvalue weighted by atomic mass is 32.1. The van der Waals surface area contributed by atoms with Gasteiger partial charge in [0.15, 0.2) is 46.1 Å². The minimum absolute atomic E-state index is 0.583. The molecular formula is C108H64N8O2S2. The lowest BCUT2D eigenvalue weighted by atomic mass is 9.96. The summed E-state index contributed by atoms with van der Waals surface area (Å²) >= 11 is 3.60. The van der Waals surface area contributed by atoms with Crippen LogP contribution in [0.3, 0.4) is 0 Å². The number of hydrogen-bond donors (Lipinski definition) is 0. The minimum Gasteiger partial charge on any atom is -0.454 e. The predicted molar refractivity (Wildman–Crippen MR) is 496 cm³/mol. The van der Waals surface area contributed by atoms with E-state index in [1.807, 2.05) is 108 Å². The Morgan fingerprint density at radius 1 is 0.183 bits per heavy atom. The number of nitrogens with zero attached hydrogens (tertiary/aromatic N) is 8. The summed E-state index contributed by atoms with van der Waals surface area (Å²) in [5.41, 5.74) is 22.9. The molecule has 0 amide bonds. The first-order valence-corrected chi connectivity index (χ1v) is 41.6. The molecule has 0 N–H and O–H groups in total. The van der Waals surface area contributed by atoms with Crippen molar-refractivity contribution >= 4 is 129 Å². The first-order valence-electron chi connectivity index (χ1n) is 39.9. The zero-order chi connectivity index (χ0) is 79.1. The van der Waals surface area contributed by atoms with E-state index in [9.17, 15) is 0 Å². The van der Waals surface area contributed by atoms with Gasteiger partial charge in [-0.1, -0.05) is 346 Å². The van der Waals surface area contributed by atoms with Gasteiger partial charge in [0.1, 0.15) is 22.6 Å². The molecule has 0 saturated carbocycles. The topological polar surface area (TPSA) is 129 Å². The molecule has 24 aromatic rings. The molecule has 16 aromatic carbocycles. The average molecular weight is 1570 g/mol. The third-order valence-electron chi connectivity index (χ3n) is 22.7. The van der Waals surface area contributed by atoms with E-state index in [2.05, 4.69) is 291 Å². The highest BCUT2D eigenvalue weighted by Gasteiger charge is 2.25. The maximum atomic E-state index is 6.72. The lowest BCUT2D eigenvalue weighted by Crippen LogP contribution is -2.00. The van der Waals surface area contributed by atoms with Crippen molar-refractivity contribution in [1.82, 2.24) is 39.9 Å². The standard InChI is InChI=1S/2C54H32N4OS/c1-3-14-33(15-4-1)39-22-12-25-44-47-43-21-7-9-26-45(43)59-50(47)48(55-49(39)44)34-28-30-36(31-29-34)53-56-52(35-16-5-2-6-17-35)57-54(58-53)38-19-11-18-37(32-38)40-23-13-24-42-41-20-8-10-27-46(41)60-51(40)42;1-3-14-33(15-4-1)34-28-30-35(31-29-34)39-22-12-24-43-47-42-21-7-9-26-45(42)59-50(47)48(55-49(39)43)37-18-11-19-38(32-37)53-56-52(36-16-5-2-6-17-36)57-54(58-53)44-25-13-23-41-40-20-8-10-27-46(40)60-51(41)44/h2*1-32H. The van der Waals surface area contributed by atoms with Crippen LogP contribution in [-0.2, 0) is 0 Å². The van der Waals surface area contributed by atoms with Crippen molar-refractivity contribution in [3.63, 3.8) is 0 Å². The summed E-state index contributed by atoms with van der Waals surface area (Å²) in [5, 5.41) is 11.3. The van der Waals surface area contributed by atoms with Crippen LogP contribution in [0.25, 0.3) is 241 Å². The van der Waals surface area contributed by atoms with Crippen molar-refractivity contribution in [3.8, 4) is 135 Å². The van der Waals surface area contributed by atoms with Crippen LogP contribution in [0.2, 0.25) is 0 Å². The molecule has 0 fully saturated rings. The van der Waals surface area contributed by atoms with Crippen LogP contribution < -0.4 is 0 Å². The number of aromatic nitrogens is 8. The number of para-hydroxylation sites is 4. The van der Waals surface area contributed by atoms with Gasteiger partial charge in [-0.25, -0.2) is 39.9 Å². The molecule has 0 atom stereocenters. The van der Waals surface area contributed by atoms with Gasteiger partial charge in [-0.05, 0) is 75.8 Å². The Morgan fingerprint density at radius 2 is 0.492 bits per heavy atom. The van der Waals surface area contributed by atoms with E-state index < -0.39 is 0 Å². The second-order valence-electron chi connectivity index (χ2n) is 29.9. The zero-order valence-electron chi connectivity index (χ0n) is 64.2. The molecule has 0 spiro atoms. The maximum absolute atomic E-state index is 6.72. The molecule has 0 aliphatic carbocycles. The fourth-order valence-corrected chi connectivity index (χ4v) is 19.4. The molecule has 24 rings (SSSR count). The monoisotopic (exact) mass is 1570 g/mol. The van der Waals surface area contributed by atoms with Gasteiger partial charge in [0.05, 0.1) is 11.0 Å². The third kappa shape index (κ3) is 12.3. The Hall–Kier alpha value is -15.6. The van der Waals surface area contributed by atoms with Gasteiger partial charge in [0.2, 0.25) is 0 Å². The average Bonchev–Trinajstić information content (AvgIpc) is 1.54. The van der Waals surface area contributed by atoms with Crippen molar-refractivity contribution in [2.75, 3.05) is 0 Å². The lowest BCUT2D eigenvalue weighted by Gasteiger charge is -2.12. The second-order valence-corrected chi connectivity index (χ2v) is 32.0. The van der Waals surface area contributed by atoms with Crippen molar-refractivity contribution < 1.29 is 8.83 Å². The number of furan rings is 2. The molecule has 8 aromatic heterocycles. The second kappa shape index (κ2) is 29.3. The highest BCUT2D eigenvalue weighted by Crippen LogP contribution is 2.48. The van der Waals surface area contributed by atoms with Gasteiger partial charge >= 0.3 is 0 Å². The SMILES string of the molecule is c1ccc(-c2ccc(-c3cccc4c3nc(-c3cccc(-c5nc(-c6ccccc6)nc(-c6cccc7c6sc6ccccc67)n5)c3)c3oc5ccccc5c34)cc2)cc1.c1ccc(-c2nc(-c3ccc(-c4nc5c(-c6ccccc6)cccc5c5c4oc4ccccc45)cc3)nc(-c3cccc(-c4cccc5c4sc4ccccc45)c3)n2)cc1. The van der Waals surface area contributed by atoms with E-state index in [1.165, 1.54) is 52.3 Å². The quantitative estimate of drug-likeness (QED) is 0.117. The summed E-state index contributed by atoms with van der Waals surface area (Å²) in [6, 6.07) is 135. The van der Waals surface area contributed by atoms with Gasteiger partial charge in [-0.3, -0.25) is 0 Å². The molecular weight excluding hydrogens is 1510 g/mol. The Kier molecular flexibility index (Phi) is 17.1. The van der Waals surface area contributed by atoms with Crippen LogP contribution in [0.5, 0.6) is 0 Å². The van der Waals surface area contributed by atoms with Crippen molar-refractivity contribution in [2.24, 2.45) is 0 Å². The van der Waals surface area contributed by atoms with Gasteiger partial charge in [0, 0.05) is 128 Å². The molecule has 0 aliphatic rings. The number of benzene rings is 16. The van der Waals surface area contributed by atoms with Gasteiger partial charge in [-0.15, -0.1) is 22.7 Å². The molecule has 12 heteroatoms. The normalized spacial score (nSPS) is 11.7. The van der Waals surface area contributed by atoms with E-state index >= 15 is 0 Å². The van der Waals surface area contributed by atoms with Gasteiger partial charge in [0.25, 0.3) is 0 Å². The fourth-order valence-electron chi connectivity index (χ4n) is 17.0. The molecule has 560 valence electrons. The molecule has 0 aliphatic heterocycles. The number of rotatable bonds is 12. The first kappa shape index (κ1) is 69.9. The number of hydrogen-bond acceptors (Lipinski definition) is 12. The van der Waals surface area contributed by atoms with Crippen LogP contribution in [0.1, 0.15) is 0 Å². The Balaban J connectivity index is 0.000000140.